The van der Waals surface area contributed by atoms with E-state index in [1.165, 1.54) is 0 Å². The normalized spacial score (nSPS) is 14.5. The second kappa shape index (κ2) is 6.41. The van der Waals surface area contributed by atoms with E-state index in [1.807, 2.05) is 45.0 Å². The second-order valence-corrected chi connectivity index (χ2v) is 5.85. The first-order valence-corrected chi connectivity index (χ1v) is 6.91. The second-order valence-electron chi connectivity index (χ2n) is 4.43. The standard InChI is InChI=1S/C13H17BrClNO/c1-8(2)12(14)13(17)16-9(3)10-4-6-11(15)7-5-10/h4-9,12H,1-3H3,(H,16,17)/t9-,12?/m0/s1. The van der Waals surface area contributed by atoms with Crippen LogP contribution in [-0.2, 0) is 4.79 Å². The Morgan fingerprint density at radius 3 is 2.24 bits per heavy atom. The Labute approximate surface area is 116 Å². The maximum atomic E-state index is 11.9. The largest absolute Gasteiger partial charge is 0.349 e. The third kappa shape index (κ3) is 4.32. The van der Waals surface area contributed by atoms with E-state index >= 15 is 0 Å². The summed E-state index contributed by atoms with van der Waals surface area (Å²) in [6, 6.07) is 7.48. The number of amides is 1. The van der Waals surface area contributed by atoms with Crippen LogP contribution in [0, 0.1) is 5.92 Å². The predicted molar refractivity (Wildman–Crippen MR) is 75.6 cm³/mol. The summed E-state index contributed by atoms with van der Waals surface area (Å²) in [5.41, 5.74) is 1.05. The molecule has 4 heteroatoms. The van der Waals surface area contributed by atoms with Gasteiger partial charge in [-0.1, -0.05) is 53.5 Å². The van der Waals surface area contributed by atoms with Crippen molar-refractivity contribution in [2.24, 2.45) is 5.92 Å². The Bertz CT molecular complexity index is 378. The zero-order valence-electron chi connectivity index (χ0n) is 10.2. The Hall–Kier alpha value is -0.540. The highest BCUT2D eigenvalue weighted by Gasteiger charge is 2.20. The molecule has 0 fully saturated rings. The van der Waals surface area contributed by atoms with Gasteiger partial charge in [-0.3, -0.25) is 4.79 Å². The van der Waals surface area contributed by atoms with Crippen molar-refractivity contribution in [2.45, 2.75) is 31.6 Å². The van der Waals surface area contributed by atoms with Crippen LogP contribution in [0.3, 0.4) is 0 Å². The van der Waals surface area contributed by atoms with Gasteiger partial charge in [-0.25, -0.2) is 0 Å². The van der Waals surface area contributed by atoms with E-state index in [-0.39, 0.29) is 22.7 Å². The minimum absolute atomic E-state index is 0.0152. The lowest BCUT2D eigenvalue weighted by molar-refractivity contribution is -0.121. The van der Waals surface area contributed by atoms with Crippen molar-refractivity contribution < 1.29 is 4.79 Å². The van der Waals surface area contributed by atoms with Gasteiger partial charge in [-0.15, -0.1) is 0 Å². The quantitative estimate of drug-likeness (QED) is 0.837. The number of carbonyl (C=O) groups excluding carboxylic acids is 1. The first-order valence-electron chi connectivity index (χ1n) is 5.61. The molecule has 0 heterocycles. The lowest BCUT2D eigenvalue weighted by Gasteiger charge is -2.19. The molecule has 2 atom stereocenters. The molecule has 0 saturated carbocycles. The monoisotopic (exact) mass is 317 g/mol. The summed E-state index contributed by atoms with van der Waals surface area (Å²) >= 11 is 9.21. The van der Waals surface area contributed by atoms with Gasteiger partial charge in [0, 0.05) is 5.02 Å². The first-order chi connectivity index (χ1) is 7.91. The summed E-state index contributed by atoms with van der Waals surface area (Å²) in [6.45, 7) is 5.97. The maximum Gasteiger partial charge on any atom is 0.234 e. The first kappa shape index (κ1) is 14.5. The number of halogens is 2. The number of hydrogen-bond acceptors (Lipinski definition) is 1. The molecule has 1 amide bonds. The fraction of sp³-hybridized carbons (Fsp3) is 0.462. The Morgan fingerprint density at radius 2 is 1.76 bits per heavy atom. The summed E-state index contributed by atoms with van der Waals surface area (Å²) in [7, 11) is 0. The number of nitrogens with one attached hydrogen (secondary N) is 1. The van der Waals surface area contributed by atoms with Crippen molar-refractivity contribution in [1.82, 2.24) is 5.32 Å². The van der Waals surface area contributed by atoms with E-state index in [0.717, 1.165) is 5.56 Å². The lowest BCUT2D eigenvalue weighted by Crippen LogP contribution is -2.35. The van der Waals surface area contributed by atoms with Crippen molar-refractivity contribution in [2.75, 3.05) is 0 Å². The van der Waals surface area contributed by atoms with Gasteiger partial charge in [-0.2, -0.15) is 0 Å². The van der Waals surface area contributed by atoms with Crippen LogP contribution in [0.5, 0.6) is 0 Å². The van der Waals surface area contributed by atoms with Crippen LogP contribution >= 0.6 is 27.5 Å². The minimum atomic E-state index is -0.155. The van der Waals surface area contributed by atoms with Crippen LogP contribution < -0.4 is 5.32 Å². The summed E-state index contributed by atoms with van der Waals surface area (Å²) in [5.74, 6) is 0.287. The molecule has 0 spiro atoms. The lowest BCUT2D eigenvalue weighted by atomic mass is 10.1. The molecular weight excluding hydrogens is 302 g/mol. The molecule has 1 N–H and O–H groups in total. The average molecular weight is 319 g/mol. The Morgan fingerprint density at radius 1 is 1.24 bits per heavy atom. The van der Waals surface area contributed by atoms with Gasteiger partial charge in [0.2, 0.25) is 5.91 Å². The molecule has 1 unspecified atom stereocenters. The molecule has 0 radical (unpaired) electrons. The zero-order chi connectivity index (χ0) is 13.0. The average Bonchev–Trinajstić information content (AvgIpc) is 2.28. The van der Waals surface area contributed by atoms with Crippen LogP contribution in [0.2, 0.25) is 5.02 Å². The number of rotatable bonds is 4. The molecule has 94 valence electrons. The van der Waals surface area contributed by atoms with Gasteiger partial charge in [0.25, 0.3) is 0 Å². The summed E-state index contributed by atoms with van der Waals surface area (Å²) in [4.78, 5) is 11.7. The van der Waals surface area contributed by atoms with Crippen molar-refractivity contribution in [3.63, 3.8) is 0 Å². The van der Waals surface area contributed by atoms with Crippen molar-refractivity contribution in [3.05, 3.63) is 34.9 Å². The Balaban J connectivity index is 2.63. The number of hydrogen-bond donors (Lipinski definition) is 1. The van der Waals surface area contributed by atoms with Crippen LogP contribution in [-0.4, -0.2) is 10.7 Å². The minimum Gasteiger partial charge on any atom is -0.349 e. The van der Waals surface area contributed by atoms with Crippen LogP contribution in [0.25, 0.3) is 0 Å². The van der Waals surface area contributed by atoms with Gasteiger partial charge < -0.3 is 5.32 Å². The summed E-state index contributed by atoms with van der Waals surface area (Å²) in [6.07, 6.45) is 0. The van der Waals surface area contributed by atoms with Crippen LogP contribution in [0.4, 0.5) is 0 Å². The molecule has 0 saturated heterocycles. The van der Waals surface area contributed by atoms with Gasteiger partial charge in [0.15, 0.2) is 0 Å². The molecule has 1 rings (SSSR count). The molecule has 0 bridgehead atoms. The molecule has 1 aromatic carbocycles. The van der Waals surface area contributed by atoms with Crippen molar-refractivity contribution in [3.8, 4) is 0 Å². The van der Waals surface area contributed by atoms with Crippen LogP contribution in [0.1, 0.15) is 32.4 Å². The van der Waals surface area contributed by atoms with E-state index in [2.05, 4.69) is 21.2 Å². The number of alkyl halides is 1. The van der Waals surface area contributed by atoms with Crippen molar-refractivity contribution >= 4 is 33.4 Å². The highest BCUT2D eigenvalue weighted by atomic mass is 79.9. The molecule has 1 aromatic rings. The van der Waals surface area contributed by atoms with Crippen molar-refractivity contribution in [1.29, 1.82) is 0 Å². The van der Waals surface area contributed by atoms with E-state index < -0.39 is 0 Å². The fourth-order valence-electron chi connectivity index (χ4n) is 1.43. The molecule has 0 aliphatic carbocycles. The SMILES string of the molecule is CC(C)C(Br)C(=O)N[C@@H](C)c1ccc(Cl)cc1. The summed E-state index contributed by atoms with van der Waals surface area (Å²) in [5, 5.41) is 3.67. The maximum absolute atomic E-state index is 11.9. The molecule has 0 aromatic heterocycles. The number of carbonyl (C=O) groups is 1. The van der Waals surface area contributed by atoms with E-state index in [0.29, 0.717) is 5.02 Å². The smallest absolute Gasteiger partial charge is 0.234 e. The van der Waals surface area contributed by atoms with Gasteiger partial charge >= 0.3 is 0 Å². The highest BCUT2D eigenvalue weighted by Crippen LogP contribution is 2.18. The third-order valence-corrected chi connectivity index (χ3v) is 4.29. The molecule has 17 heavy (non-hydrogen) atoms. The molecule has 0 aliphatic rings. The topological polar surface area (TPSA) is 29.1 Å². The zero-order valence-corrected chi connectivity index (χ0v) is 12.5. The van der Waals surface area contributed by atoms with Gasteiger partial charge in [0.05, 0.1) is 10.9 Å². The molecular formula is C13H17BrClNO. The highest BCUT2D eigenvalue weighted by molar-refractivity contribution is 9.10. The summed E-state index contributed by atoms with van der Waals surface area (Å²) < 4.78 is 0. The van der Waals surface area contributed by atoms with Gasteiger partial charge in [0.1, 0.15) is 0 Å². The molecule has 2 nitrogen and oxygen atoms in total. The van der Waals surface area contributed by atoms with E-state index in [4.69, 9.17) is 11.6 Å². The van der Waals surface area contributed by atoms with Gasteiger partial charge in [-0.05, 0) is 30.5 Å². The molecule has 0 aliphatic heterocycles. The van der Waals surface area contributed by atoms with E-state index in [9.17, 15) is 4.79 Å². The predicted octanol–water partition coefficient (Wildman–Crippen LogP) is 3.94. The van der Waals surface area contributed by atoms with E-state index in [1.54, 1.807) is 0 Å². The Kier molecular flexibility index (Phi) is 5.47. The third-order valence-electron chi connectivity index (χ3n) is 2.56. The van der Waals surface area contributed by atoms with Crippen LogP contribution in [0.15, 0.2) is 24.3 Å². The number of benzene rings is 1. The fourth-order valence-corrected chi connectivity index (χ4v) is 1.69.